The molecule has 4 heteroatoms. The van der Waals surface area contributed by atoms with Crippen LogP contribution in [0.1, 0.15) is 42.6 Å². The van der Waals surface area contributed by atoms with E-state index < -0.39 is 0 Å². The number of aliphatic hydroxyl groups excluding tert-OH is 1. The number of carbonyl (C=O) groups excluding carboxylic acids is 1. The van der Waals surface area contributed by atoms with Gasteiger partial charge in [0.15, 0.2) is 5.78 Å². The van der Waals surface area contributed by atoms with E-state index in [0.717, 1.165) is 19.3 Å². The summed E-state index contributed by atoms with van der Waals surface area (Å²) in [5.41, 5.74) is 0.615. The van der Waals surface area contributed by atoms with Crippen molar-refractivity contribution < 1.29 is 9.90 Å². The number of aliphatic hydroxyl groups is 1. The predicted octanol–water partition coefficient (Wildman–Crippen LogP) is 1.17. The summed E-state index contributed by atoms with van der Waals surface area (Å²) in [4.78, 5) is 11.0. The Hall–Kier alpha value is -1.16. The van der Waals surface area contributed by atoms with E-state index in [4.69, 9.17) is 0 Å². The second kappa shape index (κ2) is 3.53. The molecule has 2 unspecified atom stereocenters. The van der Waals surface area contributed by atoms with E-state index in [0.29, 0.717) is 5.56 Å². The lowest BCUT2D eigenvalue weighted by Crippen LogP contribution is -2.18. The van der Waals surface area contributed by atoms with Crippen LogP contribution in [0, 0.1) is 0 Å². The van der Waals surface area contributed by atoms with Gasteiger partial charge in [0.2, 0.25) is 0 Å². The van der Waals surface area contributed by atoms with E-state index in [-0.39, 0.29) is 17.9 Å². The monoisotopic (exact) mass is 194 g/mol. The van der Waals surface area contributed by atoms with Gasteiger partial charge in [-0.3, -0.25) is 9.48 Å². The number of aromatic nitrogens is 2. The summed E-state index contributed by atoms with van der Waals surface area (Å²) >= 11 is 0. The molecule has 1 aliphatic carbocycles. The fraction of sp³-hybridized carbons (Fsp3) is 0.600. The number of hydrogen-bond donors (Lipinski definition) is 1. The minimum absolute atomic E-state index is 0.0173. The lowest BCUT2D eigenvalue weighted by Gasteiger charge is -2.14. The van der Waals surface area contributed by atoms with E-state index >= 15 is 0 Å². The van der Waals surface area contributed by atoms with Gasteiger partial charge in [-0.05, 0) is 26.2 Å². The molecule has 2 rings (SSSR count). The van der Waals surface area contributed by atoms with Gasteiger partial charge in [-0.25, -0.2) is 0 Å². The maximum atomic E-state index is 11.0. The highest BCUT2D eigenvalue weighted by Crippen LogP contribution is 2.29. The zero-order valence-electron chi connectivity index (χ0n) is 8.18. The van der Waals surface area contributed by atoms with Crippen molar-refractivity contribution in [2.45, 2.75) is 38.3 Å². The van der Waals surface area contributed by atoms with Crippen molar-refractivity contribution in [1.82, 2.24) is 9.78 Å². The summed E-state index contributed by atoms with van der Waals surface area (Å²) in [6.07, 6.45) is 5.78. The first-order valence-electron chi connectivity index (χ1n) is 4.91. The third kappa shape index (κ3) is 1.57. The average molecular weight is 194 g/mol. The van der Waals surface area contributed by atoms with Gasteiger partial charge in [0, 0.05) is 6.20 Å². The van der Waals surface area contributed by atoms with Crippen LogP contribution >= 0.6 is 0 Å². The number of carbonyl (C=O) groups is 1. The molecule has 14 heavy (non-hydrogen) atoms. The summed E-state index contributed by atoms with van der Waals surface area (Å²) in [6, 6.07) is 0.0584. The number of rotatable bonds is 2. The summed E-state index contributed by atoms with van der Waals surface area (Å²) < 4.78 is 1.72. The fourth-order valence-corrected chi connectivity index (χ4v) is 1.93. The number of hydrogen-bond acceptors (Lipinski definition) is 3. The van der Waals surface area contributed by atoms with Crippen LogP contribution < -0.4 is 0 Å². The van der Waals surface area contributed by atoms with E-state index in [1.54, 1.807) is 17.1 Å². The molecule has 0 amide bonds. The summed E-state index contributed by atoms with van der Waals surface area (Å²) in [5, 5.41) is 13.8. The van der Waals surface area contributed by atoms with Gasteiger partial charge in [-0.2, -0.15) is 5.10 Å². The van der Waals surface area contributed by atoms with E-state index in [2.05, 4.69) is 5.10 Å². The third-order valence-electron chi connectivity index (χ3n) is 2.79. The van der Waals surface area contributed by atoms with Crippen LogP contribution in [0.5, 0.6) is 0 Å². The molecule has 0 aliphatic heterocycles. The van der Waals surface area contributed by atoms with Crippen LogP contribution in [0.25, 0.3) is 0 Å². The summed E-state index contributed by atoms with van der Waals surface area (Å²) in [7, 11) is 0. The molecule has 0 saturated heterocycles. The van der Waals surface area contributed by atoms with E-state index in [9.17, 15) is 9.90 Å². The number of ketones is 1. The first-order valence-corrected chi connectivity index (χ1v) is 4.91. The van der Waals surface area contributed by atoms with Crippen molar-refractivity contribution in [3.8, 4) is 0 Å². The second-order valence-corrected chi connectivity index (χ2v) is 3.83. The van der Waals surface area contributed by atoms with Crippen molar-refractivity contribution in [2.75, 3.05) is 0 Å². The van der Waals surface area contributed by atoms with Gasteiger partial charge in [-0.1, -0.05) is 0 Å². The molecule has 76 valence electrons. The maximum absolute atomic E-state index is 11.0. The molecule has 0 spiro atoms. The van der Waals surface area contributed by atoms with Gasteiger partial charge in [0.25, 0.3) is 0 Å². The van der Waals surface area contributed by atoms with Crippen LogP contribution in [-0.2, 0) is 0 Å². The Morgan fingerprint density at radius 3 is 2.93 bits per heavy atom. The van der Waals surface area contributed by atoms with Crippen molar-refractivity contribution >= 4 is 5.78 Å². The Morgan fingerprint density at radius 1 is 1.64 bits per heavy atom. The van der Waals surface area contributed by atoms with Crippen LogP contribution in [-0.4, -0.2) is 26.8 Å². The Bertz CT molecular complexity index is 346. The first-order chi connectivity index (χ1) is 6.68. The standard InChI is InChI=1S/C10H14N2O2/c1-7(13)8-5-11-12(6-8)9-3-2-4-10(9)14/h5-6,9-10,14H,2-4H2,1H3. The Balaban J connectivity index is 2.20. The predicted molar refractivity (Wildman–Crippen MR) is 51.1 cm³/mol. The van der Waals surface area contributed by atoms with Crippen molar-refractivity contribution in [2.24, 2.45) is 0 Å². The third-order valence-corrected chi connectivity index (χ3v) is 2.79. The molecular weight excluding hydrogens is 180 g/mol. The Labute approximate surface area is 82.5 Å². The van der Waals surface area contributed by atoms with Gasteiger partial charge in [0.05, 0.1) is 23.9 Å². The zero-order chi connectivity index (χ0) is 10.1. The molecule has 1 saturated carbocycles. The smallest absolute Gasteiger partial charge is 0.162 e. The quantitative estimate of drug-likeness (QED) is 0.719. The van der Waals surface area contributed by atoms with Crippen LogP contribution in [0.3, 0.4) is 0 Å². The van der Waals surface area contributed by atoms with Crippen molar-refractivity contribution in [3.63, 3.8) is 0 Å². The zero-order valence-corrected chi connectivity index (χ0v) is 8.18. The molecule has 0 bridgehead atoms. The minimum atomic E-state index is -0.310. The minimum Gasteiger partial charge on any atom is -0.391 e. The maximum Gasteiger partial charge on any atom is 0.162 e. The number of nitrogens with zero attached hydrogens (tertiary/aromatic N) is 2. The molecule has 2 atom stereocenters. The van der Waals surface area contributed by atoms with Crippen LogP contribution in [0.2, 0.25) is 0 Å². The van der Waals surface area contributed by atoms with Crippen LogP contribution in [0.4, 0.5) is 0 Å². The van der Waals surface area contributed by atoms with Crippen LogP contribution in [0.15, 0.2) is 12.4 Å². The Morgan fingerprint density at radius 2 is 2.43 bits per heavy atom. The van der Waals surface area contributed by atoms with Gasteiger partial charge >= 0.3 is 0 Å². The SMILES string of the molecule is CC(=O)c1cnn(C2CCCC2O)c1. The highest BCUT2D eigenvalue weighted by molar-refractivity contribution is 5.93. The molecule has 4 nitrogen and oxygen atoms in total. The van der Waals surface area contributed by atoms with Gasteiger partial charge < -0.3 is 5.11 Å². The molecule has 1 fully saturated rings. The normalized spacial score (nSPS) is 26.7. The molecule has 0 aromatic carbocycles. The lowest BCUT2D eigenvalue weighted by molar-refractivity contribution is 0.101. The summed E-state index contributed by atoms with van der Waals surface area (Å²) in [5.74, 6) is 0.0173. The molecule has 1 aliphatic rings. The number of Topliss-reactive ketones (excluding diaryl/α,β-unsaturated/α-hetero) is 1. The largest absolute Gasteiger partial charge is 0.391 e. The second-order valence-electron chi connectivity index (χ2n) is 3.83. The topological polar surface area (TPSA) is 55.1 Å². The van der Waals surface area contributed by atoms with Gasteiger partial charge in [-0.15, -0.1) is 0 Å². The first kappa shape index (κ1) is 9.40. The van der Waals surface area contributed by atoms with Crippen molar-refractivity contribution in [1.29, 1.82) is 0 Å². The highest BCUT2D eigenvalue weighted by atomic mass is 16.3. The molecule has 0 radical (unpaired) electrons. The van der Waals surface area contributed by atoms with E-state index in [1.165, 1.54) is 6.92 Å². The molecule has 1 aromatic rings. The van der Waals surface area contributed by atoms with Crippen molar-refractivity contribution in [3.05, 3.63) is 18.0 Å². The highest BCUT2D eigenvalue weighted by Gasteiger charge is 2.27. The molecule has 1 aromatic heterocycles. The molecule has 1 N–H and O–H groups in total. The van der Waals surface area contributed by atoms with Gasteiger partial charge in [0.1, 0.15) is 0 Å². The molecule has 1 heterocycles. The average Bonchev–Trinajstić information content (AvgIpc) is 2.71. The van der Waals surface area contributed by atoms with E-state index in [1.807, 2.05) is 0 Å². The molecular formula is C10H14N2O2. The Kier molecular flexibility index (Phi) is 2.37. The fourth-order valence-electron chi connectivity index (χ4n) is 1.93. The lowest BCUT2D eigenvalue weighted by atomic mass is 10.2. The summed E-state index contributed by atoms with van der Waals surface area (Å²) in [6.45, 7) is 1.52.